The lowest BCUT2D eigenvalue weighted by Gasteiger charge is -2.30. The summed E-state index contributed by atoms with van der Waals surface area (Å²) >= 11 is 0. The quantitative estimate of drug-likeness (QED) is 0.791. The van der Waals surface area contributed by atoms with E-state index in [4.69, 9.17) is 4.74 Å². The number of fused-ring (bicyclic) bond motifs is 1. The maximum absolute atomic E-state index is 9.55. The molecule has 0 amide bonds. The molecule has 3 rings (SSSR count). The molecule has 1 aliphatic carbocycles. The minimum atomic E-state index is -0.0693. The SMILES string of the molecule is COc1ccc2c(c1)CCCC2NCCCN1CCC(O)CC1. The van der Waals surface area contributed by atoms with Crippen molar-refractivity contribution in [3.05, 3.63) is 29.3 Å². The van der Waals surface area contributed by atoms with Crippen LogP contribution in [0.3, 0.4) is 0 Å². The number of aliphatic hydroxyl groups excluding tert-OH is 1. The number of hydrogen-bond donors (Lipinski definition) is 2. The van der Waals surface area contributed by atoms with Crippen molar-refractivity contribution in [1.29, 1.82) is 0 Å². The van der Waals surface area contributed by atoms with E-state index in [1.165, 1.54) is 36.8 Å². The van der Waals surface area contributed by atoms with Gasteiger partial charge in [0, 0.05) is 19.1 Å². The maximum atomic E-state index is 9.55. The molecule has 0 bridgehead atoms. The maximum Gasteiger partial charge on any atom is 0.119 e. The van der Waals surface area contributed by atoms with Crippen molar-refractivity contribution in [2.24, 2.45) is 0 Å². The van der Waals surface area contributed by atoms with E-state index in [-0.39, 0.29) is 6.10 Å². The zero-order valence-corrected chi connectivity index (χ0v) is 14.3. The lowest BCUT2D eigenvalue weighted by atomic mass is 9.87. The molecule has 2 aliphatic rings. The number of likely N-dealkylation sites (tertiary alicyclic amines) is 1. The average molecular weight is 318 g/mol. The van der Waals surface area contributed by atoms with Gasteiger partial charge in [-0.15, -0.1) is 0 Å². The highest BCUT2D eigenvalue weighted by molar-refractivity contribution is 5.39. The monoisotopic (exact) mass is 318 g/mol. The van der Waals surface area contributed by atoms with Gasteiger partial charge in [-0.25, -0.2) is 0 Å². The van der Waals surface area contributed by atoms with Gasteiger partial charge in [0.2, 0.25) is 0 Å². The van der Waals surface area contributed by atoms with E-state index in [1.54, 1.807) is 7.11 Å². The number of hydrogen-bond acceptors (Lipinski definition) is 4. The Morgan fingerprint density at radius 1 is 1.26 bits per heavy atom. The molecule has 4 heteroatoms. The highest BCUT2D eigenvalue weighted by atomic mass is 16.5. The average Bonchev–Trinajstić information content (AvgIpc) is 2.59. The molecule has 1 heterocycles. The second-order valence-corrected chi connectivity index (χ2v) is 6.89. The van der Waals surface area contributed by atoms with Crippen LogP contribution in [0.2, 0.25) is 0 Å². The summed E-state index contributed by atoms with van der Waals surface area (Å²) in [6.07, 6.45) is 6.63. The molecule has 0 saturated carbocycles. The number of nitrogens with one attached hydrogen (secondary N) is 1. The Balaban J connectivity index is 1.44. The first-order valence-electron chi connectivity index (χ1n) is 9.07. The van der Waals surface area contributed by atoms with Crippen LogP contribution in [0.15, 0.2) is 18.2 Å². The van der Waals surface area contributed by atoms with Crippen LogP contribution in [0.5, 0.6) is 5.75 Å². The van der Waals surface area contributed by atoms with Gasteiger partial charge in [-0.1, -0.05) is 6.07 Å². The molecule has 23 heavy (non-hydrogen) atoms. The Morgan fingerprint density at radius 3 is 2.87 bits per heavy atom. The van der Waals surface area contributed by atoms with Crippen LogP contribution in [0, 0.1) is 0 Å². The van der Waals surface area contributed by atoms with E-state index in [0.29, 0.717) is 6.04 Å². The van der Waals surface area contributed by atoms with Crippen LogP contribution in [0.1, 0.15) is 49.3 Å². The van der Waals surface area contributed by atoms with E-state index in [0.717, 1.165) is 44.8 Å². The van der Waals surface area contributed by atoms with Crippen LogP contribution >= 0.6 is 0 Å². The van der Waals surface area contributed by atoms with E-state index < -0.39 is 0 Å². The summed E-state index contributed by atoms with van der Waals surface area (Å²) < 4.78 is 5.35. The zero-order chi connectivity index (χ0) is 16.1. The normalized spacial score (nSPS) is 22.8. The van der Waals surface area contributed by atoms with Crippen LogP contribution in [0.25, 0.3) is 0 Å². The molecule has 2 N–H and O–H groups in total. The number of aliphatic hydroxyl groups is 1. The first-order chi connectivity index (χ1) is 11.3. The van der Waals surface area contributed by atoms with Crippen molar-refractivity contribution in [2.75, 3.05) is 33.3 Å². The van der Waals surface area contributed by atoms with E-state index in [9.17, 15) is 5.11 Å². The Labute approximate surface area is 139 Å². The molecule has 1 saturated heterocycles. The van der Waals surface area contributed by atoms with Crippen molar-refractivity contribution in [3.8, 4) is 5.75 Å². The third kappa shape index (κ3) is 4.46. The highest BCUT2D eigenvalue weighted by Gasteiger charge is 2.20. The van der Waals surface area contributed by atoms with Gasteiger partial charge in [0.05, 0.1) is 13.2 Å². The molecule has 0 aromatic heterocycles. The van der Waals surface area contributed by atoms with Crippen molar-refractivity contribution in [1.82, 2.24) is 10.2 Å². The fourth-order valence-corrected chi connectivity index (χ4v) is 3.85. The third-order valence-electron chi connectivity index (χ3n) is 5.26. The Morgan fingerprint density at radius 2 is 2.09 bits per heavy atom. The molecular formula is C19H30N2O2. The Hall–Kier alpha value is -1.10. The fourth-order valence-electron chi connectivity index (χ4n) is 3.85. The predicted octanol–water partition coefficient (Wildman–Crippen LogP) is 2.51. The lowest BCUT2D eigenvalue weighted by molar-refractivity contribution is 0.0820. The van der Waals surface area contributed by atoms with Gasteiger partial charge in [-0.2, -0.15) is 0 Å². The smallest absolute Gasteiger partial charge is 0.119 e. The standard InChI is InChI=1S/C19H30N2O2/c1-23-17-6-7-18-15(14-17)4-2-5-19(18)20-10-3-11-21-12-8-16(22)9-13-21/h6-7,14,16,19-20,22H,2-5,8-13H2,1H3. The van der Waals surface area contributed by atoms with Gasteiger partial charge in [0.25, 0.3) is 0 Å². The van der Waals surface area contributed by atoms with Gasteiger partial charge < -0.3 is 20.1 Å². The molecular weight excluding hydrogens is 288 g/mol. The zero-order valence-electron chi connectivity index (χ0n) is 14.3. The summed E-state index contributed by atoms with van der Waals surface area (Å²) in [5.74, 6) is 0.969. The lowest BCUT2D eigenvalue weighted by Crippen LogP contribution is -2.37. The number of piperidine rings is 1. The summed E-state index contributed by atoms with van der Waals surface area (Å²) in [5.41, 5.74) is 2.90. The number of methoxy groups -OCH3 is 1. The van der Waals surface area contributed by atoms with Crippen molar-refractivity contribution < 1.29 is 9.84 Å². The van der Waals surface area contributed by atoms with Crippen LogP contribution in [0.4, 0.5) is 0 Å². The summed E-state index contributed by atoms with van der Waals surface area (Å²) in [5, 5.41) is 13.3. The summed E-state index contributed by atoms with van der Waals surface area (Å²) in [6, 6.07) is 7.00. The summed E-state index contributed by atoms with van der Waals surface area (Å²) in [4.78, 5) is 2.48. The predicted molar refractivity (Wildman–Crippen MR) is 93.0 cm³/mol. The summed E-state index contributed by atoms with van der Waals surface area (Å²) in [6.45, 7) is 4.30. The third-order valence-corrected chi connectivity index (χ3v) is 5.26. The molecule has 1 aromatic rings. The number of aryl methyl sites for hydroxylation is 1. The Bertz CT molecular complexity index is 498. The van der Waals surface area contributed by atoms with Crippen molar-refractivity contribution >= 4 is 0 Å². The van der Waals surface area contributed by atoms with Gasteiger partial charge in [-0.3, -0.25) is 0 Å². The molecule has 0 spiro atoms. The minimum absolute atomic E-state index is 0.0693. The number of nitrogens with zero attached hydrogens (tertiary/aromatic N) is 1. The molecule has 128 valence electrons. The van der Waals surface area contributed by atoms with E-state index in [1.807, 2.05) is 0 Å². The van der Waals surface area contributed by atoms with E-state index >= 15 is 0 Å². The molecule has 1 fully saturated rings. The minimum Gasteiger partial charge on any atom is -0.497 e. The molecule has 4 nitrogen and oxygen atoms in total. The van der Waals surface area contributed by atoms with Crippen LogP contribution in [-0.4, -0.2) is 49.4 Å². The fraction of sp³-hybridized carbons (Fsp3) is 0.684. The number of benzene rings is 1. The molecule has 0 radical (unpaired) electrons. The van der Waals surface area contributed by atoms with Gasteiger partial charge in [-0.05, 0) is 74.9 Å². The molecule has 1 atom stereocenters. The van der Waals surface area contributed by atoms with Crippen LogP contribution in [-0.2, 0) is 6.42 Å². The van der Waals surface area contributed by atoms with Gasteiger partial charge in [0.1, 0.15) is 5.75 Å². The second kappa shape index (κ2) is 8.13. The summed E-state index contributed by atoms with van der Waals surface area (Å²) in [7, 11) is 1.74. The second-order valence-electron chi connectivity index (χ2n) is 6.89. The van der Waals surface area contributed by atoms with Gasteiger partial charge >= 0.3 is 0 Å². The van der Waals surface area contributed by atoms with Crippen molar-refractivity contribution in [2.45, 2.75) is 50.7 Å². The first-order valence-corrected chi connectivity index (χ1v) is 9.07. The first kappa shape index (κ1) is 16.7. The molecule has 1 unspecified atom stereocenters. The number of ether oxygens (including phenoxy) is 1. The van der Waals surface area contributed by atoms with Crippen LogP contribution < -0.4 is 10.1 Å². The topological polar surface area (TPSA) is 44.7 Å². The number of rotatable bonds is 6. The van der Waals surface area contributed by atoms with E-state index in [2.05, 4.69) is 28.4 Å². The van der Waals surface area contributed by atoms with Crippen molar-refractivity contribution in [3.63, 3.8) is 0 Å². The molecule has 1 aromatic carbocycles. The van der Waals surface area contributed by atoms with Gasteiger partial charge in [0.15, 0.2) is 0 Å². The molecule has 1 aliphatic heterocycles. The largest absolute Gasteiger partial charge is 0.497 e. The highest BCUT2D eigenvalue weighted by Crippen LogP contribution is 2.32. The Kier molecular flexibility index (Phi) is 5.92.